The highest BCUT2D eigenvalue weighted by Gasteiger charge is 2.13. The van der Waals surface area contributed by atoms with Crippen LogP contribution in [0.4, 0.5) is 0 Å². The van der Waals surface area contributed by atoms with E-state index in [0.29, 0.717) is 41.1 Å². The van der Waals surface area contributed by atoms with E-state index in [2.05, 4.69) is 15.4 Å². The van der Waals surface area contributed by atoms with Crippen molar-refractivity contribution in [3.05, 3.63) is 64.1 Å². The molecule has 4 rings (SSSR count). The smallest absolute Gasteiger partial charge is 0.244 e. The van der Waals surface area contributed by atoms with Crippen LogP contribution in [0.5, 0.6) is 17.2 Å². The fourth-order valence-corrected chi connectivity index (χ4v) is 4.34. The van der Waals surface area contributed by atoms with E-state index in [1.54, 1.807) is 39.5 Å². The number of ether oxygens (including phenoxy) is 3. The molecule has 176 valence electrons. The van der Waals surface area contributed by atoms with Gasteiger partial charge in [-0.3, -0.25) is 4.79 Å². The number of carbonyl (C=O) groups excluding carboxylic acids is 1. The Labute approximate surface area is 205 Å². The molecule has 10 heteroatoms. The minimum Gasteiger partial charge on any atom is -0.493 e. The number of nitrogens with zero attached hydrogens (tertiary/aromatic N) is 3. The Morgan fingerprint density at radius 2 is 1.82 bits per heavy atom. The van der Waals surface area contributed by atoms with Gasteiger partial charge in [0, 0.05) is 35.0 Å². The van der Waals surface area contributed by atoms with E-state index < -0.39 is 0 Å². The van der Waals surface area contributed by atoms with E-state index in [1.165, 1.54) is 17.4 Å². The molecule has 1 N–H and O–H groups in total. The number of hydrogen-bond acceptors (Lipinski definition) is 7. The van der Waals surface area contributed by atoms with E-state index >= 15 is 0 Å². The second-order valence-corrected chi connectivity index (χ2v) is 8.47. The SMILES string of the molecule is COc1cc(/C=C/C(=O)NCCc2csc3nc(-c4ccc(Cl)cc4)nn23)cc(OC)c1OC. The molecule has 4 aromatic rings. The first-order valence-corrected chi connectivity index (χ1v) is 11.6. The Morgan fingerprint density at radius 3 is 2.47 bits per heavy atom. The summed E-state index contributed by atoms with van der Waals surface area (Å²) in [6, 6.07) is 11.0. The minimum absolute atomic E-state index is 0.208. The molecule has 0 aliphatic heterocycles. The number of aromatic nitrogens is 3. The van der Waals surface area contributed by atoms with Crippen molar-refractivity contribution in [1.29, 1.82) is 0 Å². The minimum atomic E-state index is -0.208. The number of benzene rings is 2. The van der Waals surface area contributed by atoms with Gasteiger partial charge in [-0.25, -0.2) is 4.52 Å². The van der Waals surface area contributed by atoms with Gasteiger partial charge < -0.3 is 19.5 Å². The zero-order valence-corrected chi connectivity index (χ0v) is 20.4. The fraction of sp³-hybridized carbons (Fsp3) is 0.208. The van der Waals surface area contributed by atoms with Gasteiger partial charge >= 0.3 is 0 Å². The molecular formula is C24H23ClN4O4S. The van der Waals surface area contributed by atoms with E-state index in [1.807, 2.05) is 34.2 Å². The van der Waals surface area contributed by atoms with E-state index in [-0.39, 0.29) is 5.91 Å². The number of fused-ring (bicyclic) bond motifs is 1. The first-order valence-electron chi connectivity index (χ1n) is 10.4. The number of carbonyl (C=O) groups is 1. The molecule has 0 bridgehead atoms. The molecular weight excluding hydrogens is 476 g/mol. The zero-order chi connectivity index (χ0) is 24.1. The second-order valence-electron chi connectivity index (χ2n) is 7.20. The Morgan fingerprint density at radius 1 is 1.12 bits per heavy atom. The van der Waals surface area contributed by atoms with Crippen LogP contribution in [0.15, 0.2) is 47.9 Å². The van der Waals surface area contributed by atoms with Crippen LogP contribution >= 0.6 is 22.9 Å². The Bertz CT molecular complexity index is 1310. The van der Waals surface area contributed by atoms with E-state index in [4.69, 9.17) is 25.8 Å². The third-order valence-electron chi connectivity index (χ3n) is 5.05. The van der Waals surface area contributed by atoms with Gasteiger partial charge in [-0.1, -0.05) is 11.6 Å². The predicted molar refractivity (Wildman–Crippen MR) is 133 cm³/mol. The van der Waals surface area contributed by atoms with Crippen LogP contribution in [-0.4, -0.2) is 48.4 Å². The molecule has 0 aliphatic carbocycles. The molecule has 0 atom stereocenters. The van der Waals surface area contributed by atoms with Crippen molar-refractivity contribution >= 4 is 39.9 Å². The van der Waals surface area contributed by atoms with Crippen LogP contribution in [0.2, 0.25) is 5.02 Å². The predicted octanol–water partition coefficient (Wildman–Crippen LogP) is 4.51. The molecule has 0 spiro atoms. The molecule has 1 amide bonds. The van der Waals surface area contributed by atoms with Gasteiger partial charge in [0.2, 0.25) is 16.6 Å². The van der Waals surface area contributed by atoms with Crippen LogP contribution in [0.1, 0.15) is 11.3 Å². The summed E-state index contributed by atoms with van der Waals surface area (Å²) >= 11 is 7.47. The molecule has 0 unspecified atom stereocenters. The summed E-state index contributed by atoms with van der Waals surface area (Å²) in [7, 11) is 4.64. The van der Waals surface area contributed by atoms with Gasteiger partial charge in [0.1, 0.15) is 0 Å². The molecule has 34 heavy (non-hydrogen) atoms. The lowest BCUT2D eigenvalue weighted by atomic mass is 10.1. The number of rotatable bonds is 9. The van der Waals surface area contributed by atoms with Gasteiger partial charge in [-0.05, 0) is 48.0 Å². The van der Waals surface area contributed by atoms with E-state index in [0.717, 1.165) is 21.8 Å². The quantitative estimate of drug-likeness (QED) is 0.342. The van der Waals surface area contributed by atoms with E-state index in [9.17, 15) is 4.79 Å². The summed E-state index contributed by atoms with van der Waals surface area (Å²) in [5, 5.41) is 10.2. The third kappa shape index (κ3) is 5.16. The van der Waals surface area contributed by atoms with Gasteiger partial charge in [0.05, 0.1) is 27.0 Å². The summed E-state index contributed by atoms with van der Waals surface area (Å²) in [5.41, 5.74) is 2.62. The van der Waals surface area contributed by atoms with Gasteiger partial charge in [-0.2, -0.15) is 4.98 Å². The number of nitrogens with one attached hydrogen (secondary N) is 1. The maximum absolute atomic E-state index is 12.3. The third-order valence-corrected chi connectivity index (χ3v) is 6.16. The molecule has 0 saturated carbocycles. The Hall–Kier alpha value is -3.56. The lowest BCUT2D eigenvalue weighted by molar-refractivity contribution is -0.116. The molecule has 0 saturated heterocycles. The Balaban J connectivity index is 1.38. The summed E-state index contributed by atoms with van der Waals surface area (Å²) in [6.07, 6.45) is 3.78. The number of methoxy groups -OCH3 is 3. The molecule has 8 nitrogen and oxygen atoms in total. The highest BCUT2D eigenvalue weighted by Crippen LogP contribution is 2.38. The first kappa shape index (κ1) is 23.6. The number of thiazole rings is 1. The monoisotopic (exact) mass is 498 g/mol. The highest BCUT2D eigenvalue weighted by molar-refractivity contribution is 7.15. The van der Waals surface area contributed by atoms with Crippen molar-refractivity contribution < 1.29 is 19.0 Å². The normalized spacial score (nSPS) is 11.2. The maximum atomic E-state index is 12.3. The zero-order valence-electron chi connectivity index (χ0n) is 18.9. The highest BCUT2D eigenvalue weighted by atomic mass is 35.5. The Kier molecular flexibility index (Phi) is 7.34. The number of amides is 1. The summed E-state index contributed by atoms with van der Waals surface area (Å²) in [4.78, 5) is 17.7. The second kappa shape index (κ2) is 10.6. The average molecular weight is 499 g/mol. The molecule has 0 aliphatic rings. The standard InChI is InChI=1S/C24H23ClN4O4S/c1-31-19-12-15(13-20(32-2)22(19)33-3)4-9-21(30)26-11-10-18-14-34-24-27-23(28-29(18)24)16-5-7-17(25)8-6-16/h4-9,12-14H,10-11H2,1-3H3,(H,26,30)/b9-4+. The molecule has 2 heterocycles. The van der Waals surface area contributed by atoms with Crippen molar-refractivity contribution in [2.24, 2.45) is 0 Å². The van der Waals surface area contributed by atoms with Crippen molar-refractivity contribution in [2.45, 2.75) is 6.42 Å². The fourth-order valence-electron chi connectivity index (χ4n) is 3.36. The summed E-state index contributed by atoms with van der Waals surface area (Å²) in [6.45, 7) is 0.459. The van der Waals surface area contributed by atoms with Crippen molar-refractivity contribution in [3.63, 3.8) is 0 Å². The number of halogens is 1. The molecule has 2 aromatic carbocycles. The first-order chi connectivity index (χ1) is 16.5. The average Bonchev–Trinajstić information content (AvgIpc) is 3.44. The summed E-state index contributed by atoms with van der Waals surface area (Å²) < 4.78 is 17.8. The van der Waals surface area contributed by atoms with Crippen LogP contribution < -0.4 is 19.5 Å². The van der Waals surface area contributed by atoms with Crippen LogP contribution in [-0.2, 0) is 11.2 Å². The summed E-state index contributed by atoms with van der Waals surface area (Å²) in [5.74, 6) is 1.98. The van der Waals surface area contributed by atoms with Crippen molar-refractivity contribution in [3.8, 4) is 28.6 Å². The van der Waals surface area contributed by atoms with Crippen LogP contribution in [0.25, 0.3) is 22.4 Å². The van der Waals surface area contributed by atoms with Gasteiger partial charge in [0.15, 0.2) is 17.3 Å². The number of hydrogen-bond donors (Lipinski definition) is 1. The van der Waals surface area contributed by atoms with Crippen molar-refractivity contribution in [1.82, 2.24) is 19.9 Å². The van der Waals surface area contributed by atoms with Crippen molar-refractivity contribution in [2.75, 3.05) is 27.9 Å². The van der Waals surface area contributed by atoms with Gasteiger partial charge in [-0.15, -0.1) is 16.4 Å². The van der Waals surface area contributed by atoms with Crippen LogP contribution in [0.3, 0.4) is 0 Å². The maximum Gasteiger partial charge on any atom is 0.244 e. The lowest BCUT2D eigenvalue weighted by Gasteiger charge is -2.12. The molecule has 0 fully saturated rings. The lowest BCUT2D eigenvalue weighted by Crippen LogP contribution is -2.23. The molecule has 0 radical (unpaired) electrons. The molecule has 2 aromatic heterocycles. The topological polar surface area (TPSA) is 87.0 Å². The van der Waals surface area contributed by atoms with Gasteiger partial charge in [0.25, 0.3) is 0 Å². The largest absolute Gasteiger partial charge is 0.493 e. The van der Waals surface area contributed by atoms with Crippen LogP contribution in [0, 0.1) is 0 Å².